The summed E-state index contributed by atoms with van der Waals surface area (Å²) in [7, 11) is 0. The summed E-state index contributed by atoms with van der Waals surface area (Å²) in [5, 5.41) is 0. The fourth-order valence-corrected chi connectivity index (χ4v) is 0.654. The van der Waals surface area contributed by atoms with Gasteiger partial charge >= 0.3 is 0 Å². The van der Waals surface area contributed by atoms with Crippen molar-refractivity contribution in [2.24, 2.45) is 5.84 Å². The average molecular weight is 153 g/mol. The third-order valence-corrected chi connectivity index (χ3v) is 1.17. The van der Waals surface area contributed by atoms with E-state index in [1.165, 1.54) is 25.7 Å². The normalized spacial score (nSPS) is 8.67. The maximum Gasteiger partial charge on any atom is 0.00974 e. The number of rotatable bonds is 5. The predicted octanol–water partition coefficient (Wildman–Crippen LogP) is 1.45. The number of halogens is 1. The summed E-state index contributed by atoms with van der Waals surface area (Å²) in [5.41, 5.74) is 2.63. The van der Waals surface area contributed by atoms with Crippen molar-refractivity contribution in [2.45, 2.75) is 32.6 Å². The van der Waals surface area contributed by atoms with Crippen molar-refractivity contribution < 1.29 is 0 Å². The molecule has 0 bridgehead atoms. The summed E-state index contributed by atoms with van der Waals surface area (Å²) < 4.78 is 0. The Morgan fingerprint density at radius 2 is 1.89 bits per heavy atom. The first-order valence-corrected chi connectivity index (χ1v) is 3.35. The van der Waals surface area contributed by atoms with Crippen LogP contribution in [0.4, 0.5) is 0 Å². The minimum absolute atomic E-state index is 0. The molecule has 0 aliphatic rings. The van der Waals surface area contributed by atoms with Gasteiger partial charge in [0.25, 0.3) is 0 Å². The lowest BCUT2D eigenvalue weighted by Gasteiger charge is -1.95. The van der Waals surface area contributed by atoms with Crippen LogP contribution in [0.5, 0.6) is 0 Å². The molecule has 0 heterocycles. The molecule has 2 nitrogen and oxygen atoms in total. The predicted molar refractivity (Wildman–Crippen MR) is 43.6 cm³/mol. The molecule has 9 heavy (non-hydrogen) atoms. The highest BCUT2D eigenvalue weighted by atomic mass is 35.5. The number of nitrogens with two attached hydrogens (primary N) is 1. The zero-order valence-corrected chi connectivity index (χ0v) is 6.84. The maximum absolute atomic E-state index is 5.06. The molecule has 0 amide bonds. The number of hydrazine groups is 1. The van der Waals surface area contributed by atoms with E-state index < -0.39 is 0 Å². The SMILES string of the molecule is CCCCCCNN.Cl. The molecule has 0 rings (SSSR count). The number of hydrogen-bond acceptors (Lipinski definition) is 2. The second kappa shape index (κ2) is 11.1. The van der Waals surface area contributed by atoms with Crippen LogP contribution in [-0.2, 0) is 0 Å². The van der Waals surface area contributed by atoms with E-state index in [1.807, 2.05) is 0 Å². The van der Waals surface area contributed by atoms with Crippen molar-refractivity contribution in [1.29, 1.82) is 0 Å². The molecule has 0 saturated carbocycles. The van der Waals surface area contributed by atoms with Gasteiger partial charge in [0.15, 0.2) is 0 Å². The van der Waals surface area contributed by atoms with Gasteiger partial charge in [-0.2, -0.15) is 0 Å². The summed E-state index contributed by atoms with van der Waals surface area (Å²) in [5.74, 6) is 5.06. The molecule has 3 N–H and O–H groups in total. The van der Waals surface area contributed by atoms with Gasteiger partial charge in [0.05, 0.1) is 0 Å². The highest BCUT2D eigenvalue weighted by Gasteiger charge is 1.82. The molecular weight excluding hydrogens is 136 g/mol. The largest absolute Gasteiger partial charge is 0.271 e. The smallest absolute Gasteiger partial charge is 0.00974 e. The standard InChI is InChI=1S/C6H16N2.ClH/c1-2-3-4-5-6-8-7;/h8H,2-7H2,1H3;1H. The molecule has 0 radical (unpaired) electrons. The van der Waals surface area contributed by atoms with E-state index in [9.17, 15) is 0 Å². The molecular formula is C6H17ClN2. The Balaban J connectivity index is 0. The molecule has 58 valence electrons. The molecule has 0 unspecified atom stereocenters. The Morgan fingerprint density at radius 1 is 1.22 bits per heavy atom. The van der Waals surface area contributed by atoms with Gasteiger partial charge in [-0.05, 0) is 6.42 Å². The molecule has 0 atom stereocenters. The Hall–Kier alpha value is 0.210. The van der Waals surface area contributed by atoms with E-state index in [1.54, 1.807) is 0 Å². The molecule has 0 saturated heterocycles. The second-order valence-electron chi connectivity index (χ2n) is 2.01. The fraction of sp³-hybridized carbons (Fsp3) is 1.00. The van der Waals surface area contributed by atoms with Gasteiger partial charge in [-0.25, -0.2) is 0 Å². The average Bonchev–Trinajstić information content (AvgIpc) is 1.81. The first-order valence-electron chi connectivity index (χ1n) is 3.35. The third kappa shape index (κ3) is 11.7. The fourth-order valence-electron chi connectivity index (χ4n) is 0.654. The van der Waals surface area contributed by atoms with Gasteiger partial charge in [-0.1, -0.05) is 26.2 Å². The van der Waals surface area contributed by atoms with Crippen LogP contribution in [0.2, 0.25) is 0 Å². The highest BCUT2D eigenvalue weighted by Crippen LogP contribution is 1.95. The van der Waals surface area contributed by atoms with Gasteiger partial charge in [0, 0.05) is 6.54 Å². The van der Waals surface area contributed by atoms with Crippen molar-refractivity contribution >= 4 is 12.4 Å². The molecule has 0 fully saturated rings. The Morgan fingerprint density at radius 3 is 2.33 bits per heavy atom. The van der Waals surface area contributed by atoms with Crippen LogP contribution in [0, 0.1) is 0 Å². The molecule has 0 aliphatic carbocycles. The molecule has 0 aliphatic heterocycles. The number of unbranched alkanes of at least 4 members (excludes halogenated alkanes) is 3. The zero-order valence-electron chi connectivity index (χ0n) is 6.02. The van der Waals surface area contributed by atoms with Crippen molar-refractivity contribution in [3.63, 3.8) is 0 Å². The first-order chi connectivity index (χ1) is 3.91. The van der Waals surface area contributed by atoms with Crippen LogP contribution >= 0.6 is 12.4 Å². The van der Waals surface area contributed by atoms with Gasteiger partial charge in [0.2, 0.25) is 0 Å². The number of nitrogens with one attached hydrogen (secondary N) is 1. The summed E-state index contributed by atoms with van der Waals surface area (Å²) in [6.07, 6.45) is 5.15. The summed E-state index contributed by atoms with van der Waals surface area (Å²) in [6, 6.07) is 0. The minimum atomic E-state index is 0. The van der Waals surface area contributed by atoms with Crippen molar-refractivity contribution in [3.05, 3.63) is 0 Å². The van der Waals surface area contributed by atoms with Crippen molar-refractivity contribution in [2.75, 3.05) is 6.54 Å². The van der Waals surface area contributed by atoms with Gasteiger partial charge in [-0.15, -0.1) is 12.4 Å². The van der Waals surface area contributed by atoms with Crippen LogP contribution in [0.1, 0.15) is 32.6 Å². The lowest BCUT2D eigenvalue weighted by atomic mass is 10.2. The molecule has 0 aromatic carbocycles. The van der Waals surface area contributed by atoms with Crippen molar-refractivity contribution in [1.82, 2.24) is 5.43 Å². The highest BCUT2D eigenvalue weighted by molar-refractivity contribution is 5.85. The van der Waals surface area contributed by atoms with E-state index in [2.05, 4.69) is 12.3 Å². The number of hydrogen-bond donors (Lipinski definition) is 2. The third-order valence-electron chi connectivity index (χ3n) is 1.17. The van der Waals surface area contributed by atoms with Crippen LogP contribution < -0.4 is 11.3 Å². The van der Waals surface area contributed by atoms with Gasteiger partial charge in [-0.3, -0.25) is 11.3 Å². The summed E-state index contributed by atoms with van der Waals surface area (Å²) in [4.78, 5) is 0. The van der Waals surface area contributed by atoms with Crippen LogP contribution in [0.25, 0.3) is 0 Å². The van der Waals surface area contributed by atoms with Crippen molar-refractivity contribution in [3.8, 4) is 0 Å². The molecule has 0 aromatic rings. The monoisotopic (exact) mass is 152 g/mol. The Kier molecular flexibility index (Phi) is 14.7. The van der Waals surface area contributed by atoms with E-state index >= 15 is 0 Å². The Labute approximate surface area is 63.6 Å². The van der Waals surface area contributed by atoms with Crippen LogP contribution in [-0.4, -0.2) is 6.54 Å². The van der Waals surface area contributed by atoms with Crippen LogP contribution in [0.3, 0.4) is 0 Å². The van der Waals surface area contributed by atoms with E-state index in [4.69, 9.17) is 5.84 Å². The van der Waals surface area contributed by atoms with E-state index in [-0.39, 0.29) is 12.4 Å². The molecule has 0 spiro atoms. The van der Waals surface area contributed by atoms with Gasteiger partial charge < -0.3 is 0 Å². The summed E-state index contributed by atoms with van der Waals surface area (Å²) in [6.45, 7) is 3.16. The zero-order chi connectivity index (χ0) is 6.24. The molecule has 0 aromatic heterocycles. The topological polar surface area (TPSA) is 38.0 Å². The minimum Gasteiger partial charge on any atom is -0.271 e. The Bertz CT molecular complexity index is 36.0. The second-order valence-corrected chi connectivity index (χ2v) is 2.01. The maximum atomic E-state index is 5.06. The van der Waals surface area contributed by atoms with Gasteiger partial charge in [0.1, 0.15) is 0 Å². The van der Waals surface area contributed by atoms with Crippen LogP contribution in [0.15, 0.2) is 0 Å². The van der Waals surface area contributed by atoms with E-state index in [0.717, 1.165) is 6.54 Å². The first kappa shape index (κ1) is 11.9. The lowest BCUT2D eigenvalue weighted by Crippen LogP contribution is -2.22. The van der Waals surface area contributed by atoms with E-state index in [0.29, 0.717) is 0 Å². The lowest BCUT2D eigenvalue weighted by molar-refractivity contribution is 0.613. The quantitative estimate of drug-likeness (QED) is 0.356. The summed E-state index contributed by atoms with van der Waals surface area (Å²) >= 11 is 0. The molecule has 3 heteroatoms.